The van der Waals surface area contributed by atoms with E-state index in [1.165, 1.54) is 17.5 Å². The number of ether oxygens (including phenoxy) is 1. The van der Waals surface area contributed by atoms with Gasteiger partial charge in [0.15, 0.2) is 0 Å². The number of methoxy groups -OCH3 is 1. The van der Waals surface area contributed by atoms with Crippen molar-refractivity contribution in [1.82, 2.24) is 5.32 Å². The first-order valence-electron chi connectivity index (χ1n) is 8.69. The molecule has 0 radical (unpaired) electrons. The van der Waals surface area contributed by atoms with Crippen molar-refractivity contribution in [2.45, 2.75) is 31.7 Å². The Morgan fingerprint density at radius 3 is 2.46 bits per heavy atom. The second-order valence-corrected chi connectivity index (χ2v) is 6.56. The molecule has 24 heavy (non-hydrogen) atoms. The Kier molecular flexibility index (Phi) is 5.65. The lowest BCUT2D eigenvalue weighted by Crippen LogP contribution is -2.39. The summed E-state index contributed by atoms with van der Waals surface area (Å²) < 4.78 is 5.26. The van der Waals surface area contributed by atoms with Crippen molar-refractivity contribution in [3.63, 3.8) is 0 Å². The highest BCUT2D eigenvalue weighted by Crippen LogP contribution is 2.26. The molecule has 0 heterocycles. The number of carbonyl (C=O) groups excluding carboxylic acids is 1. The highest BCUT2D eigenvalue weighted by atomic mass is 16.5. The van der Waals surface area contributed by atoms with Crippen LogP contribution in [0.1, 0.15) is 24.8 Å². The molecular formula is C21H25NO2. The van der Waals surface area contributed by atoms with Gasteiger partial charge in [0, 0.05) is 19.1 Å². The van der Waals surface area contributed by atoms with Crippen LogP contribution in [0.3, 0.4) is 0 Å². The highest BCUT2D eigenvalue weighted by molar-refractivity contribution is 5.79. The van der Waals surface area contributed by atoms with Gasteiger partial charge >= 0.3 is 0 Å². The van der Waals surface area contributed by atoms with Gasteiger partial charge in [-0.15, -0.1) is 0 Å². The first-order valence-corrected chi connectivity index (χ1v) is 8.69. The molecule has 0 unspecified atom stereocenters. The minimum Gasteiger partial charge on any atom is -0.384 e. The summed E-state index contributed by atoms with van der Waals surface area (Å²) in [6.07, 6.45) is 3.81. The van der Waals surface area contributed by atoms with Crippen molar-refractivity contribution >= 4 is 5.91 Å². The fourth-order valence-electron chi connectivity index (χ4n) is 3.53. The van der Waals surface area contributed by atoms with Gasteiger partial charge in [-0.3, -0.25) is 4.79 Å². The molecule has 0 aliphatic heterocycles. The number of nitrogens with one attached hydrogen (secondary N) is 1. The highest BCUT2D eigenvalue weighted by Gasteiger charge is 2.28. The summed E-state index contributed by atoms with van der Waals surface area (Å²) in [6, 6.07) is 18.8. The summed E-state index contributed by atoms with van der Waals surface area (Å²) in [5.41, 5.74) is 3.42. The molecule has 2 aromatic carbocycles. The lowest BCUT2D eigenvalue weighted by atomic mass is 10.0. The molecule has 1 saturated carbocycles. The number of hydrogen-bond donors (Lipinski definition) is 1. The quantitative estimate of drug-likeness (QED) is 0.877. The molecule has 1 aliphatic rings. The molecule has 0 bridgehead atoms. The molecule has 2 atom stereocenters. The average Bonchev–Trinajstić information content (AvgIpc) is 3.03. The molecular weight excluding hydrogens is 298 g/mol. The largest absolute Gasteiger partial charge is 0.384 e. The van der Waals surface area contributed by atoms with Crippen LogP contribution in [0.15, 0.2) is 54.6 Å². The molecule has 1 aliphatic carbocycles. The van der Waals surface area contributed by atoms with Crippen molar-refractivity contribution in [3.05, 3.63) is 60.2 Å². The van der Waals surface area contributed by atoms with E-state index in [2.05, 4.69) is 29.6 Å². The molecule has 3 rings (SSSR count). The lowest BCUT2D eigenvalue weighted by molar-refractivity contribution is -0.121. The Bertz CT molecular complexity index is 651. The monoisotopic (exact) mass is 323 g/mol. The standard InChI is InChI=1S/C21H25NO2/c1-24-15-19-8-5-9-20(19)22-21(23)14-16-10-12-18(13-11-16)17-6-3-2-4-7-17/h2-4,6-7,10-13,19-20H,5,8-9,14-15H2,1H3,(H,22,23)/t19-,20-/m0/s1. The second-order valence-electron chi connectivity index (χ2n) is 6.56. The van der Waals surface area contributed by atoms with Gasteiger partial charge in [-0.05, 0) is 29.5 Å². The molecule has 1 fully saturated rings. The number of carbonyl (C=O) groups is 1. The molecule has 1 amide bonds. The van der Waals surface area contributed by atoms with E-state index in [0.717, 1.165) is 25.0 Å². The Balaban J connectivity index is 1.57. The van der Waals surface area contributed by atoms with E-state index in [4.69, 9.17) is 4.74 Å². The van der Waals surface area contributed by atoms with E-state index in [1.54, 1.807) is 7.11 Å². The molecule has 1 N–H and O–H groups in total. The Hall–Kier alpha value is -2.13. The van der Waals surface area contributed by atoms with Crippen LogP contribution in [0.5, 0.6) is 0 Å². The predicted molar refractivity (Wildman–Crippen MR) is 96.7 cm³/mol. The van der Waals surface area contributed by atoms with Crippen LogP contribution in [0.2, 0.25) is 0 Å². The van der Waals surface area contributed by atoms with Gasteiger partial charge in [-0.2, -0.15) is 0 Å². The maximum atomic E-state index is 12.3. The molecule has 2 aromatic rings. The molecule has 126 valence electrons. The van der Waals surface area contributed by atoms with Gasteiger partial charge < -0.3 is 10.1 Å². The van der Waals surface area contributed by atoms with Crippen molar-refractivity contribution in [3.8, 4) is 11.1 Å². The van der Waals surface area contributed by atoms with E-state index in [0.29, 0.717) is 12.3 Å². The number of amides is 1. The second kappa shape index (κ2) is 8.11. The van der Waals surface area contributed by atoms with Gasteiger partial charge in [0.2, 0.25) is 5.91 Å². The minimum atomic E-state index is 0.107. The van der Waals surface area contributed by atoms with Gasteiger partial charge in [0.05, 0.1) is 13.0 Å². The van der Waals surface area contributed by atoms with E-state index in [9.17, 15) is 4.79 Å². The summed E-state index contributed by atoms with van der Waals surface area (Å²) >= 11 is 0. The SMILES string of the molecule is COC[C@@H]1CCC[C@@H]1NC(=O)Cc1ccc(-c2ccccc2)cc1. The number of rotatable bonds is 6. The smallest absolute Gasteiger partial charge is 0.224 e. The average molecular weight is 323 g/mol. The maximum Gasteiger partial charge on any atom is 0.224 e. The van der Waals surface area contributed by atoms with Gasteiger partial charge in [0.25, 0.3) is 0 Å². The number of benzene rings is 2. The van der Waals surface area contributed by atoms with Crippen molar-refractivity contribution in [2.24, 2.45) is 5.92 Å². The van der Waals surface area contributed by atoms with Crippen molar-refractivity contribution < 1.29 is 9.53 Å². The first kappa shape index (κ1) is 16.7. The van der Waals surface area contributed by atoms with Crippen LogP contribution in [-0.4, -0.2) is 25.7 Å². The Labute approximate surface area is 144 Å². The molecule has 3 heteroatoms. The van der Waals surface area contributed by atoms with E-state index >= 15 is 0 Å². The molecule has 0 aromatic heterocycles. The van der Waals surface area contributed by atoms with Crippen LogP contribution in [0.25, 0.3) is 11.1 Å². The van der Waals surface area contributed by atoms with Crippen LogP contribution >= 0.6 is 0 Å². The van der Waals surface area contributed by atoms with E-state index < -0.39 is 0 Å². The zero-order valence-electron chi connectivity index (χ0n) is 14.2. The number of hydrogen-bond acceptors (Lipinski definition) is 2. The Morgan fingerprint density at radius 1 is 1.04 bits per heavy atom. The van der Waals surface area contributed by atoms with Crippen LogP contribution in [0, 0.1) is 5.92 Å². The third-order valence-corrected chi connectivity index (χ3v) is 4.81. The van der Waals surface area contributed by atoms with Gasteiger partial charge in [0.1, 0.15) is 0 Å². The molecule has 3 nitrogen and oxygen atoms in total. The van der Waals surface area contributed by atoms with Crippen LogP contribution < -0.4 is 5.32 Å². The van der Waals surface area contributed by atoms with Crippen LogP contribution in [-0.2, 0) is 16.0 Å². The predicted octanol–water partition coefficient (Wildman–Crippen LogP) is 3.83. The summed E-state index contributed by atoms with van der Waals surface area (Å²) in [7, 11) is 1.73. The summed E-state index contributed by atoms with van der Waals surface area (Å²) in [5.74, 6) is 0.565. The normalized spacial score (nSPS) is 20.0. The van der Waals surface area contributed by atoms with Crippen molar-refractivity contribution in [1.29, 1.82) is 0 Å². The zero-order valence-corrected chi connectivity index (χ0v) is 14.2. The summed E-state index contributed by atoms with van der Waals surface area (Å²) in [4.78, 5) is 12.3. The minimum absolute atomic E-state index is 0.107. The molecule has 0 spiro atoms. The maximum absolute atomic E-state index is 12.3. The van der Waals surface area contributed by atoms with Gasteiger partial charge in [-0.1, -0.05) is 61.0 Å². The fourth-order valence-corrected chi connectivity index (χ4v) is 3.53. The summed E-state index contributed by atoms with van der Waals surface area (Å²) in [6.45, 7) is 0.733. The third-order valence-electron chi connectivity index (χ3n) is 4.81. The first-order chi connectivity index (χ1) is 11.8. The Morgan fingerprint density at radius 2 is 1.75 bits per heavy atom. The van der Waals surface area contributed by atoms with E-state index in [1.807, 2.05) is 30.3 Å². The topological polar surface area (TPSA) is 38.3 Å². The van der Waals surface area contributed by atoms with Crippen LogP contribution in [0.4, 0.5) is 0 Å². The molecule has 0 saturated heterocycles. The zero-order chi connectivity index (χ0) is 16.8. The fraction of sp³-hybridized carbons (Fsp3) is 0.381. The lowest BCUT2D eigenvalue weighted by Gasteiger charge is -2.20. The van der Waals surface area contributed by atoms with E-state index in [-0.39, 0.29) is 11.9 Å². The third kappa shape index (κ3) is 4.24. The van der Waals surface area contributed by atoms with Crippen molar-refractivity contribution in [2.75, 3.05) is 13.7 Å². The summed E-state index contributed by atoms with van der Waals surface area (Å²) in [5, 5.41) is 3.19. The van der Waals surface area contributed by atoms with Gasteiger partial charge in [-0.25, -0.2) is 0 Å².